The lowest BCUT2D eigenvalue weighted by Crippen LogP contribution is -2.21. The van der Waals surface area contributed by atoms with Crippen molar-refractivity contribution >= 4 is 21.6 Å². The lowest BCUT2D eigenvalue weighted by molar-refractivity contribution is 1.19. The zero-order chi connectivity index (χ0) is 12.4. The molecule has 6 heteroatoms. The van der Waals surface area contributed by atoms with Gasteiger partial charge in [-0.25, -0.2) is 24.9 Å². The van der Waals surface area contributed by atoms with Crippen molar-refractivity contribution in [3.05, 3.63) is 61.7 Å². The molecule has 17 heavy (non-hydrogen) atoms. The molecule has 1 aromatic rings. The first-order valence-electron chi connectivity index (χ1n) is 4.36. The largest absolute Gasteiger partial charge is 0.305 e. The van der Waals surface area contributed by atoms with Crippen LogP contribution in [0, 0.1) is 24.5 Å². The van der Waals surface area contributed by atoms with Gasteiger partial charge < -0.3 is 0 Å². The van der Waals surface area contributed by atoms with Gasteiger partial charge in [-0.2, -0.15) is 0 Å². The fourth-order valence-electron chi connectivity index (χ4n) is 1.33. The zero-order valence-electron chi connectivity index (χ0n) is 8.27. The average molecular weight is 284 g/mol. The highest BCUT2D eigenvalue weighted by Gasteiger charge is 2.13. The van der Waals surface area contributed by atoms with E-state index in [1.807, 2.05) is 0 Å². The minimum Gasteiger partial charge on any atom is -0.250 e. The van der Waals surface area contributed by atoms with Crippen LogP contribution in [-0.4, -0.2) is 0 Å². The highest BCUT2D eigenvalue weighted by Crippen LogP contribution is 2.21. The number of benzene rings is 1. The molecule has 1 aromatic carbocycles. The number of halogens is 1. The summed E-state index contributed by atoms with van der Waals surface area (Å²) >= 11 is 3.24. The van der Waals surface area contributed by atoms with E-state index in [-0.39, 0.29) is 11.5 Å². The number of nitriles is 1. The van der Waals surface area contributed by atoms with Gasteiger partial charge in [0.25, 0.3) is 0 Å². The molecule has 0 N–H and O–H groups in total. The Bertz CT molecular complexity index is 767. The Balaban J connectivity index is 2.87. The van der Waals surface area contributed by atoms with E-state index >= 15 is 0 Å². The molecule has 0 saturated heterocycles. The van der Waals surface area contributed by atoms with Gasteiger partial charge in [-0.1, -0.05) is 22.0 Å². The van der Waals surface area contributed by atoms with Gasteiger partial charge in [-0.3, -0.25) is 0 Å². The summed E-state index contributed by atoms with van der Waals surface area (Å²) in [6, 6.07) is 5.11. The fraction of sp³-hybridized carbons (Fsp3) is 0. The summed E-state index contributed by atoms with van der Waals surface area (Å²) in [6.45, 7) is 13.9. The number of nitrogens with zero attached hydrogens (tertiary/aromatic N) is 5. The first-order valence-corrected chi connectivity index (χ1v) is 5.16. The van der Waals surface area contributed by atoms with Gasteiger partial charge >= 0.3 is 5.70 Å². The van der Waals surface area contributed by atoms with E-state index in [4.69, 9.17) is 18.4 Å². The van der Waals surface area contributed by atoms with Crippen LogP contribution in [0.5, 0.6) is 0 Å². The summed E-state index contributed by atoms with van der Waals surface area (Å²) < 4.78 is 0.618. The third-order valence-corrected chi connectivity index (χ3v) is 2.71. The van der Waals surface area contributed by atoms with E-state index in [1.54, 1.807) is 18.2 Å². The third kappa shape index (κ3) is 1.69. The van der Waals surface area contributed by atoms with Crippen molar-refractivity contribution in [1.82, 2.24) is 0 Å². The maximum Gasteiger partial charge on any atom is 0.305 e. The zero-order valence-corrected chi connectivity index (χ0v) is 9.85. The lowest BCUT2D eigenvalue weighted by atomic mass is 10.3. The molecular weight excluding hydrogens is 282 g/mol. The maximum absolute atomic E-state index is 8.74. The minimum absolute atomic E-state index is 0.0699. The van der Waals surface area contributed by atoms with Gasteiger partial charge in [0.15, 0.2) is 5.82 Å². The van der Waals surface area contributed by atoms with Crippen LogP contribution in [0.15, 0.2) is 38.1 Å². The number of rotatable bonds is 0. The second-order valence-corrected chi connectivity index (χ2v) is 3.85. The SMILES string of the molecule is [C-]#[N+]/C(C#N)=C1/N=c2ccc(Br)c([N+]#[C-])c2=N1. The summed E-state index contributed by atoms with van der Waals surface area (Å²) in [4.78, 5) is 14.5. The Morgan fingerprint density at radius 1 is 1.35 bits per heavy atom. The van der Waals surface area contributed by atoms with Gasteiger partial charge in [0.2, 0.25) is 5.69 Å². The topological polar surface area (TPSA) is 57.2 Å². The van der Waals surface area contributed by atoms with Crippen molar-refractivity contribution in [1.29, 1.82) is 5.26 Å². The van der Waals surface area contributed by atoms with Crippen molar-refractivity contribution in [2.24, 2.45) is 9.98 Å². The summed E-state index contributed by atoms with van der Waals surface area (Å²) in [5, 5.41) is 9.64. The molecule has 1 aliphatic rings. The quantitative estimate of drug-likeness (QED) is 0.530. The van der Waals surface area contributed by atoms with Crippen molar-refractivity contribution in [2.45, 2.75) is 0 Å². The van der Waals surface area contributed by atoms with Crippen LogP contribution in [-0.2, 0) is 0 Å². The van der Waals surface area contributed by atoms with Crippen molar-refractivity contribution in [2.75, 3.05) is 0 Å². The van der Waals surface area contributed by atoms with Crippen molar-refractivity contribution in [3.63, 3.8) is 0 Å². The summed E-state index contributed by atoms with van der Waals surface area (Å²) in [6.07, 6.45) is 0. The van der Waals surface area contributed by atoms with Gasteiger partial charge in [0.1, 0.15) is 0 Å². The smallest absolute Gasteiger partial charge is 0.250 e. The van der Waals surface area contributed by atoms with Crippen molar-refractivity contribution in [3.8, 4) is 6.07 Å². The maximum atomic E-state index is 8.74. The van der Waals surface area contributed by atoms with Crippen molar-refractivity contribution < 1.29 is 0 Å². The highest BCUT2D eigenvalue weighted by molar-refractivity contribution is 9.10. The number of hydrogen-bond donors (Lipinski definition) is 0. The van der Waals surface area contributed by atoms with E-state index in [9.17, 15) is 0 Å². The molecule has 0 aromatic heterocycles. The third-order valence-electron chi connectivity index (χ3n) is 2.07. The van der Waals surface area contributed by atoms with Crippen LogP contribution in [0.25, 0.3) is 9.69 Å². The Labute approximate surface area is 105 Å². The molecule has 0 fully saturated rings. The molecule has 1 aliphatic heterocycles. The van der Waals surface area contributed by atoms with Crippen LogP contribution in [0.1, 0.15) is 0 Å². The van der Waals surface area contributed by atoms with Crippen LogP contribution in [0.2, 0.25) is 0 Å². The van der Waals surface area contributed by atoms with Crippen LogP contribution in [0.3, 0.4) is 0 Å². The molecule has 78 valence electrons. The molecule has 0 saturated carbocycles. The van der Waals surface area contributed by atoms with Gasteiger partial charge in [-0.15, -0.1) is 0 Å². The van der Waals surface area contributed by atoms with E-state index in [1.165, 1.54) is 0 Å². The van der Waals surface area contributed by atoms with Crippen LogP contribution in [0.4, 0.5) is 5.69 Å². The normalized spacial score (nSPS) is 14.5. The Morgan fingerprint density at radius 3 is 2.71 bits per heavy atom. The fourth-order valence-corrected chi connectivity index (χ4v) is 1.74. The molecule has 1 heterocycles. The van der Waals surface area contributed by atoms with E-state index in [2.05, 4.69) is 35.6 Å². The predicted molar refractivity (Wildman–Crippen MR) is 62.0 cm³/mol. The molecule has 0 bridgehead atoms. The molecule has 0 spiro atoms. The summed E-state index contributed by atoms with van der Waals surface area (Å²) in [5.41, 5.74) is 0.164. The van der Waals surface area contributed by atoms with E-state index in [0.717, 1.165) is 0 Å². The number of fused-ring (bicyclic) bond motifs is 1. The first-order chi connectivity index (χ1) is 8.21. The first kappa shape index (κ1) is 11.0. The number of hydrogen-bond acceptors (Lipinski definition) is 3. The summed E-state index contributed by atoms with van der Waals surface area (Å²) in [7, 11) is 0. The van der Waals surface area contributed by atoms with E-state index < -0.39 is 0 Å². The highest BCUT2D eigenvalue weighted by atomic mass is 79.9. The Hall–Kier alpha value is -2.49. The van der Waals surface area contributed by atoms with Gasteiger partial charge in [0, 0.05) is 4.47 Å². The second-order valence-electron chi connectivity index (χ2n) is 2.99. The molecular formula is C11H2BrN5. The molecule has 0 radical (unpaired) electrons. The summed E-state index contributed by atoms with van der Waals surface area (Å²) in [5.74, 6) is 0.0699. The molecule has 5 nitrogen and oxygen atoms in total. The standard InChI is InChI=1S/C11H2BrN5/c1-14-8(5-13)11-16-7-4-3-6(12)9(15-2)10(7)17-11/h3-4H/b11-8-. The molecule has 0 aliphatic carbocycles. The average Bonchev–Trinajstić information content (AvgIpc) is 2.74. The molecule has 0 atom stereocenters. The molecule has 0 unspecified atom stereocenters. The Morgan fingerprint density at radius 2 is 2.12 bits per heavy atom. The predicted octanol–water partition coefficient (Wildman–Crippen LogP) is 1.86. The van der Waals surface area contributed by atoms with E-state index in [0.29, 0.717) is 20.9 Å². The lowest BCUT2D eigenvalue weighted by Gasteiger charge is -1.91. The number of allylic oxidation sites excluding steroid dienone is 1. The van der Waals surface area contributed by atoms with Gasteiger partial charge in [0.05, 0.1) is 29.9 Å². The Kier molecular flexibility index (Phi) is 2.70. The molecule has 2 rings (SSSR count). The monoisotopic (exact) mass is 283 g/mol. The van der Waals surface area contributed by atoms with Crippen LogP contribution < -0.4 is 10.7 Å². The van der Waals surface area contributed by atoms with Gasteiger partial charge in [-0.05, 0) is 6.07 Å². The van der Waals surface area contributed by atoms with Crippen LogP contribution >= 0.6 is 15.9 Å². The minimum atomic E-state index is -0.173. The second kappa shape index (κ2) is 4.17. The molecule has 0 amide bonds.